The van der Waals surface area contributed by atoms with E-state index >= 15 is 0 Å². The van der Waals surface area contributed by atoms with Gasteiger partial charge in [-0.1, -0.05) is 11.6 Å². The minimum absolute atomic E-state index is 0.342. The molecule has 0 aromatic carbocycles. The molecule has 0 saturated carbocycles. The first kappa shape index (κ1) is 11.2. The zero-order valence-corrected chi connectivity index (χ0v) is 10.8. The van der Waals surface area contributed by atoms with Crippen molar-refractivity contribution in [3.63, 3.8) is 0 Å². The molecule has 4 heterocycles. The van der Waals surface area contributed by atoms with Crippen molar-refractivity contribution in [3.8, 4) is 11.3 Å². The van der Waals surface area contributed by atoms with Crippen molar-refractivity contribution in [2.24, 2.45) is 0 Å². The van der Waals surface area contributed by atoms with E-state index in [-0.39, 0.29) is 0 Å². The highest BCUT2D eigenvalue weighted by Crippen LogP contribution is 2.24. The number of hydrogen-bond donors (Lipinski definition) is 1. The van der Waals surface area contributed by atoms with Crippen LogP contribution < -0.4 is 0 Å². The van der Waals surface area contributed by atoms with Gasteiger partial charge < -0.3 is 0 Å². The first-order chi connectivity index (χ1) is 9.81. The summed E-state index contributed by atoms with van der Waals surface area (Å²) in [4.78, 5) is 16.9. The first-order valence-electron chi connectivity index (χ1n) is 5.88. The normalized spacial score (nSPS) is 11.2. The summed E-state index contributed by atoms with van der Waals surface area (Å²) in [7, 11) is 0. The highest BCUT2D eigenvalue weighted by Gasteiger charge is 2.07. The van der Waals surface area contributed by atoms with Gasteiger partial charge in [0.05, 0.1) is 17.4 Å². The van der Waals surface area contributed by atoms with E-state index in [0.29, 0.717) is 16.2 Å². The molecule has 0 unspecified atom stereocenters. The van der Waals surface area contributed by atoms with Gasteiger partial charge in [-0.2, -0.15) is 5.10 Å². The van der Waals surface area contributed by atoms with Crippen LogP contribution in [-0.4, -0.2) is 30.1 Å². The third-order valence-corrected chi connectivity index (χ3v) is 3.30. The van der Waals surface area contributed by atoms with E-state index in [1.807, 2.05) is 18.2 Å². The molecule has 4 rings (SSSR count). The highest BCUT2D eigenvalue weighted by molar-refractivity contribution is 6.33. The van der Waals surface area contributed by atoms with Gasteiger partial charge in [0.1, 0.15) is 11.8 Å². The van der Waals surface area contributed by atoms with Crippen LogP contribution in [-0.2, 0) is 0 Å². The number of aromatic nitrogens is 6. The molecule has 0 aliphatic rings. The number of nitrogens with one attached hydrogen (secondary N) is 1. The van der Waals surface area contributed by atoms with Gasteiger partial charge in [-0.05, 0) is 18.2 Å². The Morgan fingerprint density at radius 1 is 1.05 bits per heavy atom. The number of H-pyrrole nitrogens is 1. The van der Waals surface area contributed by atoms with E-state index in [1.165, 1.54) is 6.33 Å². The third kappa shape index (κ3) is 1.70. The molecular weight excluding hydrogens is 276 g/mol. The van der Waals surface area contributed by atoms with E-state index < -0.39 is 0 Å². The standard InChI is InChI=1S/C13H7ClN6/c14-12-11-10(16-6-17-12)2-1-9(19-11)7-3-8-5-18-20-13(8)15-4-7/h1-6H,(H,15,18,20). The zero-order chi connectivity index (χ0) is 13.5. The molecule has 0 bridgehead atoms. The molecule has 0 aliphatic heterocycles. The van der Waals surface area contributed by atoms with Crippen LogP contribution in [0.25, 0.3) is 33.3 Å². The predicted octanol–water partition coefficient (Wildman–Crippen LogP) is 2.62. The van der Waals surface area contributed by atoms with Gasteiger partial charge in [0.2, 0.25) is 0 Å². The van der Waals surface area contributed by atoms with Crippen LogP contribution >= 0.6 is 11.6 Å². The van der Waals surface area contributed by atoms with Gasteiger partial charge in [0.15, 0.2) is 10.8 Å². The molecule has 0 saturated heterocycles. The molecule has 96 valence electrons. The Labute approximate surface area is 117 Å². The molecule has 0 atom stereocenters. The van der Waals surface area contributed by atoms with E-state index in [9.17, 15) is 0 Å². The summed E-state index contributed by atoms with van der Waals surface area (Å²) in [6.45, 7) is 0. The minimum atomic E-state index is 0.342. The van der Waals surface area contributed by atoms with Gasteiger partial charge in [0.25, 0.3) is 0 Å². The predicted molar refractivity (Wildman–Crippen MR) is 75.2 cm³/mol. The Morgan fingerprint density at radius 2 is 2.00 bits per heavy atom. The lowest BCUT2D eigenvalue weighted by atomic mass is 10.1. The second-order valence-electron chi connectivity index (χ2n) is 4.26. The van der Waals surface area contributed by atoms with Crippen LogP contribution in [0.5, 0.6) is 0 Å². The van der Waals surface area contributed by atoms with E-state index in [1.54, 1.807) is 12.4 Å². The second kappa shape index (κ2) is 4.21. The molecule has 4 aromatic heterocycles. The molecule has 7 heteroatoms. The van der Waals surface area contributed by atoms with Gasteiger partial charge >= 0.3 is 0 Å². The van der Waals surface area contributed by atoms with Crippen molar-refractivity contribution >= 4 is 33.7 Å². The number of pyridine rings is 2. The quantitative estimate of drug-likeness (QED) is 0.543. The topological polar surface area (TPSA) is 80.2 Å². The first-order valence-corrected chi connectivity index (χ1v) is 6.26. The molecular formula is C13H7ClN6. The van der Waals surface area contributed by atoms with Gasteiger partial charge in [0, 0.05) is 17.1 Å². The summed E-state index contributed by atoms with van der Waals surface area (Å²) in [5.41, 5.74) is 3.70. The Hall–Kier alpha value is -2.60. The third-order valence-electron chi connectivity index (χ3n) is 3.02. The Morgan fingerprint density at radius 3 is 2.95 bits per heavy atom. The van der Waals surface area contributed by atoms with Gasteiger partial charge in [-0.15, -0.1) is 0 Å². The van der Waals surface area contributed by atoms with Crippen LogP contribution in [0.1, 0.15) is 0 Å². The number of aromatic amines is 1. The largest absolute Gasteiger partial charge is 0.261 e. The molecule has 1 N–H and O–H groups in total. The maximum Gasteiger partial charge on any atom is 0.158 e. The molecule has 0 aliphatic carbocycles. The average molecular weight is 283 g/mol. The Kier molecular flexibility index (Phi) is 2.37. The van der Waals surface area contributed by atoms with E-state index in [0.717, 1.165) is 22.3 Å². The maximum atomic E-state index is 6.05. The molecule has 6 nitrogen and oxygen atoms in total. The van der Waals surface area contributed by atoms with Gasteiger partial charge in [-0.25, -0.2) is 19.9 Å². The summed E-state index contributed by atoms with van der Waals surface area (Å²) in [5, 5.41) is 8.04. The number of fused-ring (bicyclic) bond motifs is 2. The maximum absolute atomic E-state index is 6.05. The van der Waals surface area contributed by atoms with Gasteiger partial charge in [-0.3, -0.25) is 5.10 Å². The molecule has 0 amide bonds. The minimum Gasteiger partial charge on any atom is -0.261 e. The average Bonchev–Trinajstić information content (AvgIpc) is 2.95. The fourth-order valence-electron chi connectivity index (χ4n) is 2.05. The molecule has 0 radical (unpaired) electrons. The number of nitrogens with zero attached hydrogens (tertiary/aromatic N) is 5. The van der Waals surface area contributed by atoms with Crippen molar-refractivity contribution in [2.75, 3.05) is 0 Å². The summed E-state index contributed by atoms with van der Waals surface area (Å²) >= 11 is 6.05. The molecule has 4 aromatic rings. The van der Waals surface area contributed by atoms with Crippen LogP contribution in [0.2, 0.25) is 5.15 Å². The van der Waals surface area contributed by atoms with Crippen molar-refractivity contribution in [3.05, 3.63) is 42.1 Å². The lowest BCUT2D eigenvalue weighted by Gasteiger charge is -2.03. The second-order valence-corrected chi connectivity index (χ2v) is 4.62. The van der Waals surface area contributed by atoms with E-state index in [4.69, 9.17) is 11.6 Å². The lowest BCUT2D eigenvalue weighted by molar-refractivity contribution is 1.10. The molecule has 0 spiro atoms. The monoisotopic (exact) mass is 282 g/mol. The van der Waals surface area contributed by atoms with Crippen molar-refractivity contribution in [1.82, 2.24) is 30.1 Å². The summed E-state index contributed by atoms with van der Waals surface area (Å²) < 4.78 is 0. The Bertz CT molecular complexity index is 932. The fourth-order valence-corrected chi connectivity index (χ4v) is 2.23. The van der Waals surface area contributed by atoms with E-state index in [2.05, 4.69) is 30.1 Å². The number of halogens is 1. The summed E-state index contributed by atoms with van der Waals surface area (Å²) in [5.74, 6) is 0. The highest BCUT2D eigenvalue weighted by atomic mass is 35.5. The fraction of sp³-hybridized carbons (Fsp3) is 0. The SMILES string of the molecule is Clc1ncnc2ccc(-c3cnc4[nH]ncc4c3)nc12. The number of rotatable bonds is 1. The van der Waals surface area contributed by atoms with Crippen LogP contribution in [0.15, 0.2) is 36.9 Å². The van der Waals surface area contributed by atoms with Crippen LogP contribution in [0.3, 0.4) is 0 Å². The summed E-state index contributed by atoms with van der Waals surface area (Å²) in [6.07, 6.45) is 4.89. The van der Waals surface area contributed by atoms with Crippen molar-refractivity contribution in [2.45, 2.75) is 0 Å². The zero-order valence-electron chi connectivity index (χ0n) is 10.1. The molecule has 20 heavy (non-hydrogen) atoms. The van der Waals surface area contributed by atoms with Crippen molar-refractivity contribution in [1.29, 1.82) is 0 Å². The smallest absolute Gasteiger partial charge is 0.158 e. The van der Waals surface area contributed by atoms with Crippen molar-refractivity contribution < 1.29 is 0 Å². The lowest BCUT2D eigenvalue weighted by Crippen LogP contribution is -1.90. The van der Waals surface area contributed by atoms with Crippen LogP contribution in [0, 0.1) is 0 Å². The Balaban J connectivity index is 1.94. The number of hydrogen-bond acceptors (Lipinski definition) is 5. The molecule has 0 fully saturated rings. The van der Waals surface area contributed by atoms with Crippen LogP contribution in [0.4, 0.5) is 0 Å². The summed E-state index contributed by atoms with van der Waals surface area (Å²) in [6, 6.07) is 5.72.